The number of aromatic nitrogens is 2. The van der Waals surface area contributed by atoms with Gasteiger partial charge < -0.3 is 9.30 Å². The molecule has 0 saturated carbocycles. The van der Waals surface area contributed by atoms with Gasteiger partial charge in [-0.3, -0.25) is 9.78 Å². The highest BCUT2D eigenvalue weighted by atomic mass is 79.9. The van der Waals surface area contributed by atoms with E-state index in [1.807, 2.05) is 12.1 Å². The summed E-state index contributed by atoms with van der Waals surface area (Å²) >= 11 is 3.23. The second-order valence-corrected chi connectivity index (χ2v) is 6.49. The van der Waals surface area contributed by atoms with Crippen LogP contribution in [0.3, 0.4) is 0 Å². The van der Waals surface area contributed by atoms with Crippen LogP contribution in [0.15, 0.2) is 58.1 Å². The van der Waals surface area contributed by atoms with Gasteiger partial charge in [0.15, 0.2) is 0 Å². The van der Waals surface area contributed by atoms with Crippen molar-refractivity contribution >= 4 is 15.9 Å². The summed E-state index contributed by atoms with van der Waals surface area (Å²) in [6.45, 7) is 1.84. The van der Waals surface area contributed by atoms with E-state index >= 15 is 0 Å². The molecule has 2 heterocycles. The van der Waals surface area contributed by atoms with Gasteiger partial charge in [-0.15, -0.1) is 0 Å². The van der Waals surface area contributed by atoms with Crippen molar-refractivity contribution in [3.63, 3.8) is 0 Å². The van der Waals surface area contributed by atoms with Crippen molar-refractivity contribution in [2.45, 2.75) is 20.1 Å². The molecule has 0 unspecified atom stereocenters. The maximum Gasteiger partial charge on any atom is 0.269 e. The first-order chi connectivity index (χ1) is 12.5. The van der Waals surface area contributed by atoms with Crippen LogP contribution in [0.1, 0.15) is 16.8 Å². The molecule has 0 aliphatic carbocycles. The Morgan fingerprint density at radius 3 is 2.46 bits per heavy atom. The average Bonchev–Trinajstić information content (AvgIpc) is 2.63. The zero-order valence-corrected chi connectivity index (χ0v) is 15.5. The van der Waals surface area contributed by atoms with Crippen LogP contribution in [0.5, 0.6) is 5.75 Å². The number of ether oxygens (including phenoxy) is 1. The number of halogens is 3. The van der Waals surface area contributed by atoms with E-state index in [4.69, 9.17) is 4.74 Å². The molecule has 0 radical (unpaired) electrons. The van der Waals surface area contributed by atoms with Gasteiger partial charge in [0, 0.05) is 24.2 Å². The highest BCUT2D eigenvalue weighted by Crippen LogP contribution is 2.24. The summed E-state index contributed by atoms with van der Waals surface area (Å²) < 4.78 is 34.7. The molecular weight excluding hydrogens is 406 g/mol. The van der Waals surface area contributed by atoms with E-state index in [-0.39, 0.29) is 28.0 Å². The van der Waals surface area contributed by atoms with Gasteiger partial charge in [-0.25, -0.2) is 8.78 Å². The zero-order chi connectivity index (χ0) is 18.7. The molecule has 2 aromatic heterocycles. The maximum absolute atomic E-state index is 13.7. The monoisotopic (exact) mass is 420 g/mol. The largest absolute Gasteiger partial charge is 0.487 e. The predicted molar refractivity (Wildman–Crippen MR) is 97.2 cm³/mol. The number of nitrogens with zero attached hydrogens (tertiary/aromatic N) is 2. The lowest BCUT2D eigenvalue weighted by molar-refractivity contribution is 0.289. The number of hydrogen-bond acceptors (Lipinski definition) is 3. The first-order valence-corrected chi connectivity index (χ1v) is 8.61. The lowest BCUT2D eigenvalue weighted by atomic mass is 10.2. The fourth-order valence-corrected chi connectivity index (χ4v) is 2.95. The van der Waals surface area contributed by atoms with Crippen LogP contribution in [0.25, 0.3) is 0 Å². The van der Waals surface area contributed by atoms with E-state index in [0.29, 0.717) is 12.2 Å². The number of hydrogen-bond donors (Lipinski definition) is 0. The molecule has 0 spiro atoms. The van der Waals surface area contributed by atoms with E-state index in [0.717, 1.165) is 17.7 Å². The molecule has 0 bridgehead atoms. The normalized spacial score (nSPS) is 10.8. The van der Waals surface area contributed by atoms with Crippen LogP contribution < -0.4 is 10.3 Å². The van der Waals surface area contributed by atoms with Crippen LogP contribution in [-0.2, 0) is 13.2 Å². The minimum absolute atomic E-state index is 0.182. The molecule has 0 fully saturated rings. The molecule has 26 heavy (non-hydrogen) atoms. The van der Waals surface area contributed by atoms with Crippen LogP contribution in [-0.4, -0.2) is 9.55 Å². The Bertz CT molecular complexity index is 971. The third-order valence-electron chi connectivity index (χ3n) is 3.94. The molecule has 1 aromatic carbocycles. The number of pyridine rings is 2. The van der Waals surface area contributed by atoms with Gasteiger partial charge in [0.25, 0.3) is 5.56 Å². The van der Waals surface area contributed by atoms with Crippen molar-refractivity contribution in [3.8, 4) is 5.75 Å². The van der Waals surface area contributed by atoms with Gasteiger partial charge >= 0.3 is 0 Å². The molecule has 0 saturated heterocycles. The summed E-state index contributed by atoms with van der Waals surface area (Å²) in [4.78, 5) is 16.6. The predicted octanol–water partition coefficient (Wildman–Crippen LogP) is 4.22. The minimum atomic E-state index is -0.691. The first kappa shape index (κ1) is 18.3. The quantitative estimate of drug-likeness (QED) is 0.620. The molecule has 0 amide bonds. The molecular formula is C19H15BrF2N2O2. The Labute approximate surface area is 157 Å². The van der Waals surface area contributed by atoms with Crippen LogP contribution >= 0.6 is 15.9 Å². The molecule has 0 aliphatic heterocycles. The van der Waals surface area contributed by atoms with Crippen molar-refractivity contribution in [2.75, 3.05) is 0 Å². The van der Waals surface area contributed by atoms with E-state index in [1.54, 1.807) is 30.0 Å². The topological polar surface area (TPSA) is 44.1 Å². The van der Waals surface area contributed by atoms with Gasteiger partial charge in [0.2, 0.25) is 0 Å². The number of aryl methyl sites for hydroxylation is 1. The molecule has 0 atom stereocenters. The van der Waals surface area contributed by atoms with Crippen molar-refractivity contribution in [3.05, 3.63) is 92.1 Å². The summed E-state index contributed by atoms with van der Waals surface area (Å²) in [6, 6.07) is 8.92. The molecule has 3 rings (SSSR count). The second-order valence-electron chi connectivity index (χ2n) is 5.70. The first-order valence-electron chi connectivity index (χ1n) is 7.82. The van der Waals surface area contributed by atoms with Gasteiger partial charge in [-0.2, -0.15) is 0 Å². The molecule has 3 aromatic rings. The molecule has 4 nitrogen and oxygen atoms in total. The Kier molecular flexibility index (Phi) is 5.46. The van der Waals surface area contributed by atoms with Crippen molar-refractivity contribution in [1.82, 2.24) is 9.55 Å². The zero-order valence-electron chi connectivity index (χ0n) is 13.9. The molecule has 0 aliphatic rings. The summed E-state index contributed by atoms with van der Waals surface area (Å²) in [6.07, 6.45) is 3.32. The fourth-order valence-electron chi connectivity index (χ4n) is 2.51. The average molecular weight is 421 g/mol. The number of benzene rings is 1. The Hall–Kier alpha value is -2.54. The van der Waals surface area contributed by atoms with Gasteiger partial charge in [0.1, 0.15) is 28.5 Å². The highest BCUT2D eigenvalue weighted by molar-refractivity contribution is 9.10. The van der Waals surface area contributed by atoms with Crippen LogP contribution in [0.4, 0.5) is 8.78 Å². The van der Waals surface area contributed by atoms with E-state index in [9.17, 15) is 13.6 Å². The lowest BCUT2D eigenvalue weighted by Gasteiger charge is -2.15. The van der Waals surface area contributed by atoms with E-state index < -0.39 is 11.6 Å². The van der Waals surface area contributed by atoms with Crippen molar-refractivity contribution < 1.29 is 13.5 Å². The summed E-state index contributed by atoms with van der Waals surface area (Å²) in [5.41, 5.74) is 1.13. The van der Waals surface area contributed by atoms with E-state index in [1.165, 1.54) is 6.07 Å². The van der Waals surface area contributed by atoms with Crippen molar-refractivity contribution in [2.24, 2.45) is 0 Å². The SMILES string of the molecule is Cc1cc(OCc2c(F)cccc2F)c(Br)c(=O)n1Cc1ccncc1. The third-order valence-corrected chi connectivity index (χ3v) is 4.67. The highest BCUT2D eigenvalue weighted by Gasteiger charge is 2.15. The standard InChI is InChI=1S/C19H15BrF2N2O2/c1-12-9-17(26-11-14-15(21)3-2-4-16(14)22)18(20)19(25)24(12)10-13-5-7-23-8-6-13/h2-9H,10-11H2,1H3. The molecule has 7 heteroatoms. The summed E-state index contributed by atoms with van der Waals surface area (Å²) in [5, 5.41) is 0. The summed E-state index contributed by atoms with van der Waals surface area (Å²) in [5.74, 6) is -1.14. The number of rotatable bonds is 5. The fraction of sp³-hybridized carbons (Fsp3) is 0.158. The summed E-state index contributed by atoms with van der Waals surface area (Å²) in [7, 11) is 0. The van der Waals surface area contributed by atoms with E-state index in [2.05, 4.69) is 20.9 Å². The van der Waals surface area contributed by atoms with Crippen LogP contribution in [0.2, 0.25) is 0 Å². The molecule has 0 N–H and O–H groups in total. The Morgan fingerprint density at radius 1 is 1.15 bits per heavy atom. The van der Waals surface area contributed by atoms with Crippen molar-refractivity contribution in [1.29, 1.82) is 0 Å². The maximum atomic E-state index is 13.7. The smallest absolute Gasteiger partial charge is 0.269 e. The third kappa shape index (κ3) is 3.83. The van der Waals surface area contributed by atoms with Crippen LogP contribution in [0, 0.1) is 18.6 Å². The lowest BCUT2D eigenvalue weighted by Crippen LogP contribution is -2.24. The van der Waals surface area contributed by atoms with Gasteiger partial charge in [-0.1, -0.05) is 6.07 Å². The minimum Gasteiger partial charge on any atom is -0.487 e. The second kappa shape index (κ2) is 7.78. The Balaban J connectivity index is 1.87. The van der Waals surface area contributed by atoms with Gasteiger partial charge in [0.05, 0.1) is 12.1 Å². The molecule has 134 valence electrons. The van der Waals surface area contributed by atoms with Gasteiger partial charge in [-0.05, 0) is 52.7 Å². The Morgan fingerprint density at radius 2 is 1.81 bits per heavy atom.